The SMILES string of the molecule is COc1cc(CO)ccc1OC1CCCN(C)C1. The van der Waals surface area contributed by atoms with Crippen LogP contribution < -0.4 is 9.47 Å². The van der Waals surface area contributed by atoms with Crippen LogP contribution in [0.15, 0.2) is 18.2 Å². The summed E-state index contributed by atoms with van der Waals surface area (Å²) in [7, 11) is 3.73. The predicted molar refractivity (Wildman–Crippen MR) is 70.1 cm³/mol. The maximum absolute atomic E-state index is 9.10. The number of nitrogens with zero attached hydrogens (tertiary/aromatic N) is 1. The number of methoxy groups -OCH3 is 1. The minimum absolute atomic E-state index is 0.0167. The van der Waals surface area contributed by atoms with Gasteiger partial charge in [0, 0.05) is 6.54 Å². The maximum atomic E-state index is 9.10. The lowest BCUT2D eigenvalue weighted by Gasteiger charge is -2.30. The molecule has 1 aromatic carbocycles. The zero-order valence-electron chi connectivity index (χ0n) is 11.1. The molecule has 4 nitrogen and oxygen atoms in total. The third-order valence-corrected chi connectivity index (χ3v) is 3.29. The van der Waals surface area contributed by atoms with Crippen LogP contribution in [-0.4, -0.2) is 43.4 Å². The van der Waals surface area contributed by atoms with Crippen LogP contribution in [0.25, 0.3) is 0 Å². The first-order valence-corrected chi connectivity index (χ1v) is 6.36. The van der Waals surface area contributed by atoms with Gasteiger partial charge in [0.2, 0.25) is 0 Å². The molecule has 1 N–H and O–H groups in total. The Morgan fingerprint density at radius 2 is 2.22 bits per heavy atom. The summed E-state index contributed by atoms with van der Waals surface area (Å²) in [6.07, 6.45) is 2.46. The van der Waals surface area contributed by atoms with Crippen LogP contribution in [0.3, 0.4) is 0 Å². The van der Waals surface area contributed by atoms with Crippen molar-refractivity contribution >= 4 is 0 Å². The van der Waals surface area contributed by atoms with Gasteiger partial charge in [-0.25, -0.2) is 0 Å². The number of likely N-dealkylation sites (tertiary alicyclic amines) is 1. The molecule has 2 rings (SSSR count). The Kier molecular flexibility index (Phi) is 4.44. The Morgan fingerprint density at radius 1 is 1.39 bits per heavy atom. The lowest BCUT2D eigenvalue weighted by Crippen LogP contribution is -2.38. The van der Waals surface area contributed by atoms with Gasteiger partial charge >= 0.3 is 0 Å². The first-order chi connectivity index (χ1) is 8.72. The van der Waals surface area contributed by atoms with Gasteiger partial charge in [-0.15, -0.1) is 0 Å². The zero-order chi connectivity index (χ0) is 13.0. The average Bonchev–Trinajstić information content (AvgIpc) is 2.39. The van der Waals surface area contributed by atoms with E-state index in [9.17, 15) is 0 Å². The van der Waals surface area contributed by atoms with Crippen molar-refractivity contribution < 1.29 is 14.6 Å². The molecule has 100 valence electrons. The number of aliphatic hydroxyl groups excluding tert-OH is 1. The second-order valence-corrected chi connectivity index (χ2v) is 4.79. The summed E-state index contributed by atoms with van der Waals surface area (Å²) < 4.78 is 11.3. The normalized spacial score (nSPS) is 20.7. The van der Waals surface area contributed by atoms with Crippen molar-refractivity contribution in [2.45, 2.75) is 25.6 Å². The summed E-state index contributed by atoms with van der Waals surface area (Å²) in [5.74, 6) is 1.45. The molecule has 1 saturated heterocycles. The first-order valence-electron chi connectivity index (χ1n) is 6.36. The van der Waals surface area contributed by atoms with E-state index < -0.39 is 0 Å². The molecule has 1 unspecified atom stereocenters. The van der Waals surface area contributed by atoms with Crippen molar-refractivity contribution in [2.24, 2.45) is 0 Å². The minimum atomic E-state index is 0.0167. The molecule has 0 spiro atoms. The van der Waals surface area contributed by atoms with Crippen LogP contribution in [0.4, 0.5) is 0 Å². The van der Waals surface area contributed by atoms with Gasteiger partial charge in [-0.05, 0) is 44.1 Å². The number of rotatable bonds is 4. The largest absolute Gasteiger partial charge is 0.493 e. The molecule has 1 heterocycles. The smallest absolute Gasteiger partial charge is 0.161 e. The molecule has 0 aliphatic carbocycles. The van der Waals surface area contributed by atoms with E-state index in [0.29, 0.717) is 5.75 Å². The Balaban J connectivity index is 2.08. The van der Waals surface area contributed by atoms with Gasteiger partial charge in [-0.3, -0.25) is 0 Å². The molecule has 18 heavy (non-hydrogen) atoms. The summed E-state index contributed by atoms with van der Waals surface area (Å²) in [6.45, 7) is 2.11. The zero-order valence-corrected chi connectivity index (χ0v) is 11.1. The third-order valence-electron chi connectivity index (χ3n) is 3.29. The summed E-state index contributed by atoms with van der Waals surface area (Å²) in [5.41, 5.74) is 0.833. The number of ether oxygens (including phenoxy) is 2. The van der Waals surface area contributed by atoms with Gasteiger partial charge in [-0.2, -0.15) is 0 Å². The number of hydrogen-bond acceptors (Lipinski definition) is 4. The number of likely N-dealkylation sites (N-methyl/N-ethyl adjacent to an activating group) is 1. The molecule has 1 fully saturated rings. The van der Waals surface area contributed by atoms with Crippen LogP contribution in [0.5, 0.6) is 11.5 Å². The van der Waals surface area contributed by atoms with E-state index in [1.165, 1.54) is 0 Å². The highest BCUT2D eigenvalue weighted by Crippen LogP contribution is 2.30. The fraction of sp³-hybridized carbons (Fsp3) is 0.571. The molecule has 1 atom stereocenters. The molecule has 0 amide bonds. The molecule has 4 heteroatoms. The van der Waals surface area contributed by atoms with Gasteiger partial charge < -0.3 is 19.5 Å². The quantitative estimate of drug-likeness (QED) is 0.883. The molecule has 0 saturated carbocycles. The van der Waals surface area contributed by atoms with Crippen molar-refractivity contribution in [3.05, 3.63) is 23.8 Å². The van der Waals surface area contributed by atoms with Gasteiger partial charge in [0.1, 0.15) is 6.10 Å². The van der Waals surface area contributed by atoms with Crippen molar-refractivity contribution in [1.29, 1.82) is 0 Å². The van der Waals surface area contributed by atoms with Crippen molar-refractivity contribution in [3.8, 4) is 11.5 Å². The van der Waals surface area contributed by atoms with Gasteiger partial charge in [0.05, 0.1) is 13.7 Å². The number of hydrogen-bond donors (Lipinski definition) is 1. The molecular weight excluding hydrogens is 230 g/mol. The van der Waals surface area contributed by atoms with Crippen LogP contribution in [0, 0.1) is 0 Å². The van der Waals surface area contributed by atoms with Gasteiger partial charge in [0.25, 0.3) is 0 Å². The van der Waals surface area contributed by atoms with Crippen molar-refractivity contribution in [3.63, 3.8) is 0 Å². The maximum Gasteiger partial charge on any atom is 0.161 e. The van der Waals surface area contributed by atoms with Gasteiger partial charge in [-0.1, -0.05) is 6.07 Å². The number of benzene rings is 1. The topological polar surface area (TPSA) is 41.9 Å². The molecular formula is C14H21NO3. The third kappa shape index (κ3) is 3.15. The standard InChI is InChI=1S/C14H21NO3/c1-15-7-3-4-12(9-15)18-13-6-5-11(10-16)8-14(13)17-2/h5-6,8,12,16H,3-4,7,9-10H2,1-2H3. The minimum Gasteiger partial charge on any atom is -0.493 e. The summed E-state index contributed by atoms with van der Waals surface area (Å²) in [4.78, 5) is 2.28. The van der Waals surface area contributed by atoms with E-state index in [-0.39, 0.29) is 12.7 Å². The Bertz CT molecular complexity index is 395. The Morgan fingerprint density at radius 3 is 2.89 bits per heavy atom. The highest BCUT2D eigenvalue weighted by atomic mass is 16.5. The Labute approximate surface area is 108 Å². The lowest BCUT2D eigenvalue weighted by atomic mass is 10.1. The summed E-state index contributed by atoms with van der Waals surface area (Å²) >= 11 is 0. The molecule has 0 radical (unpaired) electrons. The lowest BCUT2D eigenvalue weighted by molar-refractivity contribution is 0.101. The molecule has 1 aliphatic rings. The van der Waals surface area contributed by atoms with Crippen LogP contribution in [-0.2, 0) is 6.61 Å². The van der Waals surface area contributed by atoms with E-state index in [2.05, 4.69) is 11.9 Å². The van der Waals surface area contributed by atoms with Crippen LogP contribution in [0.2, 0.25) is 0 Å². The number of piperidine rings is 1. The second-order valence-electron chi connectivity index (χ2n) is 4.79. The van der Waals surface area contributed by atoms with Crippen molar-refractivity contribution in [2.75, 3.05) is 27.2 Å². The molecule has 1 aliphatic heterocycles. The Hall–Kier alpha value is -1.26. The fourth-order valence-corrected chi connectivity index (χ4v) is 2.30. The average molecular weight is 251 g/mol. The van der Waals surface area contributed by atoms with Crippen LogP contribution >= 0.6 is 0 Å². The van der Waals surface area contributed by atoms with E-state index in [0.717, 1.165) is 37.2 Å². The molecule has 0 bridgehead atoms. The number of aliphatic hydroxyl groups is 1. The second kappa shape index (κ2) is 6.07. The van der Waals surface area contributed by atoms with Crippen LogP contribution in [0.1, 0.15) is 18.4 Å². The fourth-order valence-electron chi connectivity index (χ4n) is 2.30. The summed E-state index contributed by atoms with van der Waals surface area (Å²) in [5, 5.41) is 9.10. The van der Waals surface area contributed by atoms with E-state index >= 15 is 0 Å². The monoisotopic (exact) mass is 251 g/mol. The predicted octanol–water partition coefficient (Wildman–Crippen LogP) is 1.66. The summed E-state index contributed by atoms with van der Waals surface area (Å²) in [6, 6.07) is 5.56. The first kappa shape index (κ1) is 13.2. The highest BCUT2D eigenvalue weighted by Gasteiger charge is 2.20. The molecule has 1 aromatic rings. The van der Waals surface area contributed by atoms with E-state index in [4.69, 9.17) is 14.6 Å². The van der Waals surface area contributed by atoms with Gasteiger partial charge in [0.15, 0.2) is 11.5 Å². The van der Waals surface area contributed by atoms with Crippen molar-refractivity contribution in [1.82, 2.24) is 4.90 Å². The van der Waals surface area contributed by atoms with E-state index in [1.807, 2.05) is 18.2 Å². The highest BCUT2D eigenvalue weighted by molar-refractivity contribution is 5.42. The van der Waals surface area contributed by atoms with E-state index in [1.54, 1.807) is 7.11 Å². The molecule has 0 aromatic heterocycles.